The molecule has 1 spiro atoms. The SMILES string of the molecule is CCc1ccc(N2C(=O)c3ccccc3N[C@]23C(=O)Nc2ccc(C)cc23)cc1. The van der Waals surface area contributed by atoms with Crippen LogP contribution in [0.3, 0.4) is 0 Å². The molecule has 29 heavy (non-hydrogen) atoms. The van der Waals surface area contributed by atoms with Crippen molar-refractivity contribution in [2.45, 2.75) is 25.9 Å². The Hall–Kier alpha value is -3.60. The third-order valence-electron chi connectivity index (χ3n) is 5.76. The first-order chi connectivity index (χ1) is 14.0. The van der Waals surface area contributed by atoms with E-state index in [-0.39, 0.29) is 11.8 Å². The van der Waals surface area contributed by atoms with Gasteiger partial charge < -0.3 is 10.6 Å². The number of carbonyl (C=O) groups excluding carboxylic acids is 2. The summed E-state index contributed by atoms with van der Waals surface area (Å²) in [4.78, 5) is 28.7. The first-order valence-electron chi connectivity index (χ1n) is 9.78. The summed E-state index contributed by atoms with van der Waals surface area (Å²) in [5.41, 5.74) is 4.22. The Balaban J connectivity index is 1.79. The Morgan fingerprint density at radius 3 is 2.45 bits per heavy atom. The highest BCUT2D eigenvalue weighted by Gasteiger charge is 2.57. The fraction of sp³-hybridized carbons (Fsp3) is 0.167. The van der Waals surface area contributed by atoms with E-state index in [1.54, 1.807) is 11.0 Å². The number of amides is 2. The summed E-state index contributed by atoms with van der Waals surface area (Å²) >= 11 is 0. The van der Waals surface area contributed by atoms with Crippen LogP contribution in [0.25, 0.3) is 0 Å². The summed E-state index contributed by atoms with van der Waals surface area (Å²) in [7, 11) is 0. The predicted octanol–water partition coefficient (Wildman–Crippen LogP) is 4.43. The van der Waals surface area contributed by atoms with E-state index in [0.29, 0.717) is 16.9 Å². The number of benzene rings is 3. The number of nitrogens with one attached hydrogen (secondary N) is 2. The molecule has 144 valence electrons. The van der Waals surface area contributed by atoms with E-state index in [1.165, 1.54) is 5.56 Å². The largest absolute Gasteiger partial charge is 0.350 e. The van der Waals surface area contributed by atoms with Crippen molar-refractivity contribution in [3.8, 4) is 0 Å². The first-order valence-corrected chi connectivity index (χ1v) is 9.78. The third kappa shape index (κ3) is 2.40. The van der Waals surface area contributed by atoms with Crippen molar-refractivity contribution in [3.05, 3.63) is 89.0 Å². The van der Waals surface area contributed by atoms with Crippen molar-refractivity contribution in [3.63, 3.8) is 0 Å². The van der Waals surface area contributed by atoms with Crippen molar-refractivity contribution < 1.29 is 9.59 Å². The molecule has 0 aromatic heterocycles. The molecule has 0 unspecified atom stereocenters. The number of fused-ring (bicyclic) bond motifs is 3. The number of rotatable bonds is 2. The van der Waals surface area contributed by atoms with Crippen molar-refractivity contribution >= 4 is 28.9 Å². The van der Waals surface area contributed by atoms with Crippen LogP contribution in [-0.4, -0.2) is 11.8 Å². The van der Waals surface area contributed by atoms with E-state index in [1.807, 2.05) is 67.6 Å². The van der Waals surface area contributed by atoms with Gasteiger partial charge in [0, 0.05) is 22.6 Å². The molecular formula is C24H21N3O2. The van der Waals surface area contributed by atoms with E-state index < -0.39 is 5.66 Å². The quantitative estimate of drug-likeness (QED) is 0.688. The summed E-state index contributed by atoms with van der Waals surface area (Å²) in [6, 6.07) is 21.0. The summed E-state index contributed by atoms with van der Waals surface area (Å²) < 4.78 is 0. The Bertz CT molecular complexity index is 1150. The maximum Gasteiger partial charge on any atom is 0.276 e. The van der Waals surface area contributed by atoms with Gasteiger partial charge in [0.05, 0.1) is 5.56 Å². The average molecular weight is 383 g/mol. The summed E-state index contributed by atoms with van der Waals surface area (Å²) in [5, 5.41) is 6.37. The lowest BCUT2D eigenvalue weighted by molar-refractivity contribution is -0.119. The molecule has 0 aliphatic carbocycles. The highest BCUT2D eigenvalue weighted by molar-refractivity contribution is 6.22. The van der Waals surface area contributed by atoms with Crippen LogP contribution in [0.4, 0.5) is 17.1 Å². The van der Waals surface area contributed by atoms with Gasteiger partial charge in [-0.15, -0.1) is 0 Å². The van der Waals surface area contributed by atoms with E-state index in [4.69, 9.17) is 0 Å². The Morgan fingerprint density at radius 1 is 0.931 bits per heavy atom. The maximum atomic E-state index is 13.7. The molecule has 2 aliphatic rings. The monoisotopic (exact) mass is 383 g/mol. The number of para-hydroxylation sites is 1. The van der Waals surface area contributed by atoms with Crippen molar-refractivity contribution in [2.75, 3.05) is 15.5 Å². The normalized spacial score (nSPS) is 19.6. The van der Waals surface area contributed by atoms with Crippen LogP contribution in [0.15, 0.2) is 66.7 Å². The van der Waals surface area contributed by atoms with Crippen LogP contribution in [-0.2, 0) is 16.9 Å². The highest BCUT2D eigenvalue weighted by atomic mass is 16.2. The molecule has 2 N–H and O–H groups in total. The van der Waals surface area contributed by atoms with E-state index in [2.05, 4.69) is 17.6 Å². The number of aryl methyl sites for hydroxylation is 2. The molecule has 0 radical (unpaired) electrons. The number of carbonyl (C=O) groups is 2. The molecule has 5 rings (SSSR count). The van der Waals surface area contributed by atoms with Crippen LogP contribution >= 0.6 is 0 Å². The molecule has 1 atom stereocenters. The predicted molar refractivity (Wildman–Crippen MR) is 114 cm³/mol. The minimum Gasteiger partial charge on any atom is -0.350 e. The second-order valence-electron chi connectivity index (χ2n) is 7.54. The summed E-state index contributed by atoms with van der Waals surface area (Å²) in [6.45, 7) is 4.07. The van der Waals surface area contributed by atoms with Crippen LogP contribution in [0.2, 0.25) is 0 Å². The molecule has 2 heterocycles. The molecule has 0 fully saturated rings. The Kier molecular flexibility index (Phi) is 3.74. The van der Waals surface area contributed by atoms with Gasteiger partial charge in [0.2, 0.25) is 5.66 Å². The molecule has 2 amide bonds. The molecule has 5 nitrogen and oxygen atoms in total. The van der Waals surface area contributed by atoms with Gasteiger partial charge >= 0.3 is 0 Å². The lowest BCUT2D eigenvalue weighted by Crippen LogP contribution is -2.61. The molecule has 0 saturated heterocycles. The molecule has 0 bridgehead atoms. The van der Waals surface area contributed by atoms with E-state index in [0.717, 1.165) is 23.2 Å². The van der Waals surface area contributed by atoms with Gasteiger partial charge in [-0.05, 0) is 55.3 Å². The number of anilines is 3. The van der Waals surface area contributed by atoms with Crippen molar-refractivity contribution in [2.24, 2.45) is 0 Å². The molecule has 0 saturated carbocycles. The minimum absolute atomic E-state index is 0.201. The van der Waals surface area contributed by atoms with Gasteiger partial charge in [-0.1, -0.05) is 42.8 Å². The van der Waals surface area contributed by atoms with Crippen molar-refractivity contribution in [1.29, 1.82) is 0 Å². The van der Waals surface area contributed by atoms with Gasteiger partial charge in [-0.2, -0.15) is 0 Å². The van der Waals surface area contributed by atoms with Crippen LogP contribution in [0.1, 0.15) is 34.0 Å². The topological polar surface area (TPSA) is 61.4 Å². The van der Waals surface area contributed by atoms with Gasteiger partial charge in [0.15, 0.2) is 0 Å². The van der Waals surface area contributed by atoms with E-state index >= 15 is 0 Å². The van der Waals surface area contributed by atoms with E-state index in [9.17, 15) is 9.59 Å². The molecule has 2 aliphatic heterocycles. The van der Waals surface area contributed by atoms with Crippen molar-refractivity contribution in [1.82, 2.24) is 0 Å². The van der Waals surface area contributed by atoms with Gasteiger partial charge in [0.1, 0.15) is 0 Å². The minimum atomic E-state index is -1.33. The zero-order valence-corrected chi connectivity index (χ0v) is 16.3. The second-order valence-corrected chi connectivity index (χ2v) is 7.54. The molecule has 3 aromatic carbocycles. The third-order valence-corrected chi connectivity index (χ3v) is 5.76. The molecule has 3 aromatic rings. The Labute approximate surface area is 169 Å². The van der Waals surface area contributed by atoms with Gasteiger partial charge in [0.25, 0.3) is 11.8 Å². The second kappa shape index (κ2) is 6.21. The lowest BCUT2D eigenvalue weighted by Gasteiger charge is -2.44. The average Bonchev–Trinajstić information content (AvgIpc) is 3.00. The fourth-order valence-electron chi connectivity index (χ4n) is 4.24. The summed E-state index contributed by atoms with van der Waals surface area (Å²) in [5.74, 6) is -0.464. The zero-order valence-electron chi connectivity index (χ0n) is 16.3. The van der Waals surface area contributed by atoms with Crippen LogP contribution in [0.5, 0.6) is 0 Å². The van der Waals surface area contributed by atoms with Crippen LogP contribution < -0.4 is 15.5 Å². The smallest absolute Gasteiger partial charge is 0.276 e. The van der Waals surface area contributed by atoms with Crippen LogP contribution in [0, 0.1) is 6.92 Å². The fourth-order valence-corrected chi connectivity index (χ4v) is 4.24. The first kappa shape index (κ1) is 17.5. The van der Waals surface area contributed by atoms with Gasteiger partial charge in [-0.25, -0.2) is 0 Å². The molecule has 5 heteroatoms. The number of hydrogen-bond acceptors (Lipinski definition) is 3. The summed E-state index contributed by atoms with van der Waals surface area (Å²) in [6.07, 6.45) is 0.906. The number of hydrogen-bond donors (Lipinski definition) is 2. The Morgan fingerprint density at radius 2 is 1.69 bits per heavy atom. The lowest BCUT2D eigenvalue weighted by atomic mass is 9.91. The zero-order chi connectivity index (χ0) is 20.2. The highest BCUT2D eigenvalue weighted by Crippen LogP contribution is 2.47. The number of nitrogens with zero attached hydrogens (tertiary/aromatic N) is 1. The molecular weight excluding hydrogens is 362 g/mol. The van der Waals surface area contributed by atoms with Gasteiger partial charge in [-0.3, -0.25) is 14.5 Å². The standard InChI is InChI=1S/C24H21N3O2/c1-3-16-9-11-17(12-10-16)27-22(28)18-6-4-5-7-20(18)26-24(27)19-14-15(2)8-13-21(19)25-23(24)29/h4-14,26H,3H2,1-2H3,(H,25,29)/t24-/m0/s1. The maximum absolute atomic E-state index is 13.7.